The summed E-state index contributed by atoms with van der Waals surface area (Å²) in [5.41, 5.74) is 1.40. The van der Waals surface area contributed by atoms with Crippen LogP contribution in [0.2, 0.25) is 0 Å². The summed E-state index contributed by atoms with van der Waals surface area (Å²) in [5, 5.41) is 3.41. The normalized spacial score (nSPS) is 17.5. The first-order valence-corrected chi connectivity index (χ1v) is 4.77. The molecule has 0 saturated carbocycles. The zero-order valence-electron chi connectivity index (χ0n) is 7.11. The summed E-state index contributed by atoms with van der Waals surface area (Å²) in [4.78, 5) is 15.4. The smallest absolute Gasteiger partial charge is 0.313 e. The van der Waals surface area contributed by atoms with Gasteiger partial charge in [-0.3, -0.25) is 0 Å². The molecule has 0 spiro atoms. The minimum Gasteiger partial charge on any atom is -0.313 e. The second kappa shape index (κ2) is 3.75. The average molecular weight is 252 g/mol. The number of hydrogen-bond acceptors (Lipinski definition) is 3. The Kier molecular flexibility index (Phi) is 2.45. The zero-order valence-corrected chi connectivity index (χ0v) is 8.69. The van der Waals surface area contributed by atoms with Crippen molar-refractivity contribution in [3.05, 3.63) is 39.9 Å². The highest BCUT2D eigenvalue weighted by molar-refractivity contribution is 9.10. The van der Waals surface area contributed by atoms with E-state index >= 15 is 0 Å². The summed E-state index contributed by atoms with van der Waals surface area (Å²) in [5.74, 6) is -0.409. The third-order valence-electron chi connectivity index (χ3n) is 1.76. The summed E-state index contributed by atoms with van der Waals surface area (Å²) in [6, 6.07) is 7.61. The molecule has 0 aliphatic carbocycles. The molecule has 0 aromatic heterocycles. The molecule has 70 valence electrons. The highest BCUT2D eigenvalue weighted by Gasteiger charge is 2.14. The van der Waals surface area contributed by atoms with Gasteiger partial charge in [-0.05, 0) is 23.8 Å². The Morgan fingerprint density at radius 3 is 2.57 bits per heavy atom. The number of oxime groups is 1. The summed E-state index contributed by atoms with van der Waals surface area (Å²) in [7, 11) is 0. The van der Waals surface area contributed by atoms with Crippen molar-refractivity contribution in [3.63, 3.8) is 0 Å². The number of carbonyl (C=O) groups excluding carboxylic acids is 1. The summed E-state index contributed by atoms with van der Waals surface area (Å²) < 4.78 is 1.00. The van der Waals surface area contributed by atoms with Crippen LogP contribution in [0.15, 0.2) is 39.5 Å². The molecule has 0 fully saturated rings. The second-order valence-corrected chi connectivity index (χ2v) is 3.68. The highest BCUT2D eigenvalue weighted by Crippen LogP contribution is 2.14. The van der Waals surface area contributed by atoms with E-state index in [1.807, 2.05) is 24.3 Å². The van der Waals surface area contributed by atoms with E-state index in [1.165, 1.54) is 6.21 Å². The molecular weight excluding hydrogens is 246 g/mol. The van der Waals surface area contributed by atoms with Crippen LogP contribution in [-0.4, -0.2) is 12.2 Å². The van der Waals surface area contributed by atoms with Gasteiger partial charge in [0.1, 0.15) is 0 Å². The molecule has 1 aromatic carbocycles. The Morgan fingerprint density at radius 2 is 2.00 bits per heavy atom. The van der Waals surface area contributed by atoms with Crippen LogP contribution in [0.25, 0.3) is 6.08 Å². The molecule has 0 saturated heterocycles. The monoisotopic (exact) mass is 251 g/mol. The van der Waals surface area contributed by atoms with E-state index in [0.29, 0.717) is 5.57 Å². The molecule has 0 amide bonds. The third-order valence-corrected chi connectivity index (χ3v) is 2.28. The van der Waals surface area contributed by atoms with Gasteiger partial charge >= 0.3 is 5.97 Å². The SMILES string of the molecule is O=C1ON=C/C1=C\c1ccc(Br)cc1. The maximum atomic E-state index is 11.0. The second-order valence-electron chi connectivity index (χ2n) is 2.76. The van der Waals surface area contributed by atoms with Gasteiger partial charge in [0.2, 0.25) is 0 Å². The highest BCUT2D eigenvalue weighted by atomic mass is 79.9. The van der Waals surface area contributed by atoms with Crippen LogP contribution < -0.4 is 0 Å². The van der Waals surface area contributed by atoms with Crippen LogP contribution in [0.3, 0.4) is 0 Å². The van der Waals surface area contributed by atoms with Crippen LogP contribution in [0.5, 0.6) is 0 Å². The molecule has 14 heavy (non-hydrogen) atoms. The number of nitrogens with zero attached hydrogens (tertiary/aromatic N) is 1. The largest absolute Gasteiger partial charge is 0.367 e. The molecular formula is C10H6BrNO2. The average Bonchev–Trinajstić information content (AvgIpc) is 2.56. The first-order chi connectivity index (χ1) is 6.75. The van der Waals surface area contributed by atoms with Crippen LogP contribution in [0.1, 0.15) is 5.56 Å². The first-order valence-electron chi connectivity index (χ1n) is 3.98. The zero-order chi connectivity index (χ0) is 9.97. The molecule has 3 nitrogen and oxygen atoms in total. The minimum atomic E-state index is -0.409. The van der Waals surface area contributed by atoms with E-state index in [-0.39, 0.29) is 0 Å². The van der Waals surface area contributed by atoms with E-state index in [4.69, 9.17) is 0 Å². The van der Waals surface area contributed by atoms with Crippen LogP contribution in [0, 0.1) is 0 Å². The van der Waals surface area contributed by atoms with Crippen molar-refractivity contribution >= 4 is 34.2 Å². The lowest BCUT2D eigenvalue weighted by Gasteiger charge is -1.94. The minimum absolute atomic E-state index is 0.409. The fraction of sp³-hybridized carbons (Fsp3) is 0. The van der Waals surface area contributed by atoms with Crippen LogP contribution in [-0.2, 0) is 9.63 Å². The van der Waals surface area contributed by atoms with Gasteiger partial charge in [-0.2, -0.15) is 0 Å². The van der Waals surface area contributed by atoms with Crippen LogP contribution >= 0.6 is 15.9 Å². The topological polar surface area (TPSA) is 38.7 Å². The van der Waals surface area contributed by atoms with E-state index in [1.54, 1.807) is 6.08 Å². The van der Waals surface area contributed by atoms with Gasteiger partial charge in [0.25, 0.3) is 0 Å². The number of rotatable bonds is 1. The lowest BCUT2D eigenvalue weighted by molar-refractivity contribution is -0.136. The van der Waals surface area contributed by atoms with Crippen molar-refractivity contribution in [2.45, 2.75) is 0 Å². The fourth-order valence-corrected chi connectivity index (χ4v) is 1.34. The maximum Gasteiger partial charge on any atom is 0.367 e. The van der Waals surface area contributed by atoms with Gasteiger partial charge in [0.15, 0.2) is 0 Å². The number of carbonyl (C=O) groups is 1. The van der Waals surface area contributed by atoms with E-state index in [9.17, 15) is 4.79 Å². The Hall–Kier alpha value is -1.42. The van der Waals surface area contributed by atoms with Crippen molar-refractivity contribution in [1.82, 2.24) is 0 Å². The molecule has 1 aromatic rings. The Morgan fingerprint density at radius 1 is 1.29 bits per heavy atom. The quantitative estimate of drug-likeness (QED) is 0.568. The lowest BCUT2D eigenvalue weighted by Crippen LogP contribution is -1.96. The molecule has 1 aliphatic heterocycles. The Bertz CT molecular complexity index is 420. The molecule has 1 heterocycles. The lowest BCUT2D eigenvalue weighted by atomic mass is 10.1. The molecule has 0 bridgehead atoms. The molecule has 0 atom stereocenters. The number of benzene rings is 1. The van der Waals surface area contributed by atoms with E-state index < -0.39 is 5.97 Å². The van der Waals surface area contributed by atoms with Crippen molar-refractivity contribution < 1.29 is 9.63 Å². The standard InChI is InChI=1S/C10H6BrNO2/c11-9-3-1-7(2-4-9)5-8-6-12-14-10(8)13/h1-6H/b8-5+. The van der Waals surface area contributed by atoms with E-state index in [0.717, 1.165) is 10.0 Å². The molecule has 0 unspecified atom stereocenters. The summed E-state index contributed by atoms with van der Waals surface area (Å²) in [6.45, 7) is 0. The predicted octanol–water partition coefficient (Wildman–Crippen LogP) is 2.38. The van der Waals surface area contributed by atoms with Gasteiger partial charge < -0.3 is 4.84 Å². The fourth-order valence-electron chi connectivity index (χ4n) is 1.07. The van der Waals surface area contributed by atoms with Gasteiger partial charge in [-0.15, -0.1) is 0 Å². The Balaban J connectivity index is 2.29. The van der Waals surface area contributed by atoms with Crippen molar-refractivity contribution in [3.8, 4) is 0 Å². The van der Waals surface area contributed by atoms with Crippen molar-refractivity contribution in [2.75, 3.05) is 0 Å². The molecule has 1 aliphatic rings. The molecule has 4 heteroatoms. The Labute approximate surface area is 89.2 Å². The van der Waals surface area contributed by atoms with Gasteiger partial charge in [0.05, 0.1) is 11.8 Å². The van der Waals surface area contributed by atoms with Crippen molar-refractivity contribution in [2.24, 2.45) is 5.16 Å². The molecule has 0 N–H and O–H groups in total. The third kappa shape index (κ3) is 1.90. The summed E-state index contributed by atoms with van der Waals surface area (Å²) >= 11 is 3.33. The van der Waals surface area contributed by atoms with Gasteiger partial charge in [0, 0.05) is 4.47 Å². The molecule has 2 rings (SSSR count). The first kappa shape index (κ1) is 9.15. The number of halogens is 1. The molecule has 0 radical (unpaired) electrons. The number of hydrogen-bond donors (Lipinski definition) is 0. The van der Waals surface area contributed by atoms with Crippen LogP contribution in [0.4, 0.5) is 0 Å². The van der Waals surface area contributed by atoms with E-state index in [2.05, 4.69) is 25.9 Å². The summed E-state index contributed by atoms with van der Waals surface area (Å²) in [6.07, 6.45) is 3.13. The van der Waals surface area contributed by atoms with Gasteiger partial charge in [-0.1, -0.05) is 33.2 Å². The predicted molar refractivity (Wildman–Crippen MR) is 56.7 cm³/mol. The van der Waals surface area contributed by atoms with Crippen molar-refractivity contribution in [1.29, 1.82) is 0 Å². The maximum absolute atomic E-state index is 11.0. The van der Waals surface area contributed by atoms with Gasteiger partial charge in [-0.25, -0.2) is 4.79 Å².